The fourth-order valence-corrected chi connectivity index (χ4v) is 9.16. The summed E-state index contributed by atoms with van der Waals surface area (Å²) in [6, 6.07) is 64.1. The number of halogens is 4. The molecule has 298 valence electrons. The highest BCUT2D eigenvalue weighted by Crippen LogP contribution is 2.43. The van der Waals surface area contributed by atoms with E-state index in [9.17, 15) is 8.78 Å². The van der Waals surface area contributed by atoms with E-state index in [1.54, 1.807) is 9.13 Å². The number of aromatic nitrogens is 2. The van der Waals surface area contributed by atoms with E-state index < -0.39 is 23.3 Å². The first-order valence-corrected chi connectivity index (χ1v) is 20.4. The lowest BCUT2D eigenvalue weighted by molar-refractivity contribution is 0.595. The number of benzene rings is 9. The summed E-state index contributed by atoms with van der Waals surface area (Å²) in [6.07, 6.45) is 0. The molecule has 0 aliphatic carbocycles. The second-order valence-electron chi connectivity index (χ2n) is 15.5. The van der Waals surface area contributed by atoms with Crippen LogP contribution in [0.5, 0.6) is 0 Å². The maximum atomic E-state index is 15.5. The summed E-state index contributed by atoms with van der Waals surface area (Å²) in [5.74, 6) is -2.13. The van der Waals surface area contributed by atoms with Gasteiger partial charge in [-0.15, -0.1) is 0 Å². The van der Waals surface area contributed by atoms with Gasteiger partial charge < -0.3 is 14.0 Å². The summed E-state index contributed by atoms with van der Waals surface area (Å²) < 4.78 is 63.9. The molecule has 2 aromatic heterocycles. The van der Waals surface area contributed by atoms with Crippen LogP contribution < -0.4 is 4.90 Å². The van der Waals surface area contributed by atoms with Gasteiger partial charge in [0.05, 0.1) is 33.4 Å². The molecule has 0 saturated carbocycles. The predicted molar refractivity (Wildman–Crippen MR) is 243 cm³/mol. The van der Waals surface area contributed by atoms with Gasteiger partial charge in [-0.25, -0.2) is 17.6 Å². The number of rotatable bonds is 8. The number of nitrogens with zero attached hydrogens (tertiary/aromatic N) is 3. The lowest BCUT2D eigenvalue weighted by Gasteiger charge is -2.27. The Kier molecular flexibility index (Phi) is 8.97. The number of hydrogen-bond donors (Lipinski definition) is 0. The van der Waals surface area contributed by atoms with Crippen molar-refractivity contribution in [3.05, 3.63) is 246 Å². The maximum absolute atomic E-state index is 15.5. The molecule has 0 bridgehead atoms. The summed E-state index contributed by atoms with van der Waals surface area (Å²) in [5, 5.41) is 3.48. The topological polar surface area (TPSA) is 13.1 Å². The lowest BCUT2D eigenvalue weighted by atomic mass is 9.85. The lowest BCUT2D eigenvalue weighted by Crippen LogP contribution is -2.11. The van der Waals surface area contributed by atoms with E-state index in [4.69, 9.17) is 0 Å². The minimum Gasteiger partial charge on any atom is -0.310 e. The van der Waals surface area contributed by atoms with E-state index in [0.717, 1.165) is 90.5 Å². The van der Waals surface area contributed by atoms with Crippen molar-refractivity contribution in [2.75, 3.05) is 4.90 Å². The molecule has 0 aliphatic rings. The van der Waals surface area contributed by atoms with E-state index >= 15 is 8.78 Å². The van der Waals surface area contributed by atoms with E-state index in [1.165, 1.54) is 23.3 Å². The average molecular weight is 814 g/mol. The SMILES string of the molecule is Fc1ccc(F)c(-n2c3ccccc3c3cc(N(c4ccc(C(c5ccccc5)c5ccccc5)cc4)c4ccc5c(c4)c4ccccc4n5-c4cc(F)ccc4F)ccc32)c1. The number of fused-ring (bicyclic) bond motifs is 6. The van der Waals surface area contributed by atoms with E-state index in [2.05, 4.69) is 89.8 Å². The van der Waals surface area contributed by atoms with Crippen molar-refractivity contribution in [1.29, 1.82) is 0 Å². The van der Waals surface area contributed by atoms with Gasteiger partial charge in [0, 0.05) is 56.7 Å². The smallest absolute Gasteiger partial charge is 0.147 e. The van der Waals surface area contributed by atoms with Crippen molar-refractivity contribution < 1.29 is 17.6 Å². The maximum Gasteiger partial charge on any atom is 0.147 e. The molecule has 0 saturated heterocycles. The first-order valence-electron chi connectivity index (χ1n) is 20.4. The molecule has 11 rings (SSSR count). The van der Waals surface area contributed by atoms with Crippen LogP contribution in [0.25, 0.3) is 55.0 Å². The molecule has 0 atom stereocenters. The van der Waals surface area contributed by atoms with Crippen molar-refractivity contribution in [3.63, 3.8) is 0 Å². The van der Waals surface area contributed by atoms with Crippen LogP contribution in [0.1, 0.15) is 22.6 Å². The highest BCUT2D eigenvalue weighted by Gasteiger charge is 2.23. The normalized spacial score (nSPS) is 11.7. The van der Waals surface area contributed by atoms with Gasteiger partial charge >= 0.3 is 0 Å². The van der Waals surface area contributed by atoms with Crippen LogP contribution in [0.15, 0.2) is 206 Å². The average Bonchev–Trinajstić information content (AvgIpc) is 3.81. The predicted octanol–water partition coefficient (Wildman–Crippen LogP) is 15.1. The molecular formula is C55H35F4N3. The third kappa shape index (κ3) is 6.20. The Balaban J connectivity index is 1.13. The van der Waals surface area contributed by atoms with Crippen molar-refractivity contribution >= 4 is 60.7 Å². The molecule has 0 fully saturated rings. The Bertz CT molecular complexity index is 3260. The molecule has 0 aliphatic heterocycles. The Morgan fingerprint density at radius 2 is 0.710 bits per heavy atom. The van der Waals surface area contributed by atoms with Crippen LogP contribution in [0.4, 0.5) is 34.6 Å². The van der Waals surface area contributed by atoms with Crippen LogP contribution in [0, 0.1) is 23.3 Å². The second kappa shape index (κ2) is 15.0. The van der Waals surface area contributed by atoms with Gasteiger partial charge in [-0.1, -0.05) is 109 Å². The molecule has 62 heavy (non-hydrogen) atoms. The Morgan fingerprint density at radius 1 is 0.323 bits per heavy atom. The van der Waals surface area contributed by atoms with Crippen molar-refractivity contribution in [3.8, 4) is 11.4 Å². The molecule has 0 spiro atoms. The van der Waals surface area contributed by atoms with Crippen LogP contribution in [0.3, 0.4) is 0 Å². The van der Waals surface area contributed by atoms with Crippen LogP contribution in [-0.4, -0.2) is 9.13 Å². The zero-order valence-electron chi connectivity index (χ0n) is 33.1. The molecule has 0 unspecified atom stereocenters. The van der Waals surface area contributed by atoms with Gasteiger partial charge in [0.1, 0.15) is 23.3 Å². The molecular weight excluding hydrogens is 779 g/mol. The number of anilines is 3. The van der Waals surface area contributed by atoms with Crippen LogP contribution in [0.2, 0.25) is 0 Å². The van der Waals surface area contributed by atoms with Crippen molar-refractivity contribution in [2.45, 2.75) is 5.92 Å². The molecule has 3 nitrogen and oxygen atoms in total. The number of para-hydroxylation sites is 2. The van der Waals surface area contributed by atoms with E-state index in [0.29, 0.717) is 0 Å². The van der Waals surface area contributed by atoms with E-state index in [1.807, 2.05) is 84.9 Å². The van der Waals surface area contributed by atoms with Crippen LogP contribution in [-0.2, 0) is 0 Å². The van der Waals surface area contributed by atoms with Crippen molar-refractivity contribution in [1.82, 2.24) is 9.13 Å². The largest absolute Gasteiger partial charge is 0.310 e. The highest BCUT2D eigenvalue weighted by atomic mass is 19.1. The third-order valence-corrected chi connectivity index (χ3v) is 11.9. The molecule has 9 aromatic carbocycles. The second-order valence-corrected chi connectivity index (χ2v) is 15.5. The fraction of sp³-hybridized carbons (Fsp3) is 0.0182. The van der Waals surface area contributed by atoms with Gasteiger partial charge in [0.15, 0.2) is 0 Å². The molecule has 2 heterocycles. The zero-order chi connectivity index (χ0) is 41.9. The minimum atomic E-state index is -0.533. The van der Waals surface area contributed by atoms with Gasteiger partial charge in [0.2, 0.25) is 0 Å². The van der Waals surface area contributed by atoms with E-state index in [-0.39, 0.29) is 17.3 Å². The molecule has 0 radical (unpaired) electrons. The van der Waals surface area contributed by atoms with Gasteiger partial charge in [-0.3, -0.25) is 0 Å². The monoisotopic (exact) mass is 813 g/mol. The Hall–Kier alpha value is -7.90. The summed E-state index contributed by atoms with van der Waals surface area (Å²) in [6.45, 7) is 0. The van der Waals surface area contributed by atoms with Gasteiger partial charge in [-0.2, -0.15) is 0 Å². The minimum absolute atomic E-state index is 0.00343. The third-order valence-electron chi connectivity index (χ3n) is 11.9. The molecule has 11 aromatic rings. The first-order chi connectivity index (χ1) is 30.4. The first kappa shape index (κ1) is 37.1. The zero-order valence-corrected chi connectivity index (χ0v) is 33.1. The van der Waals surface area contributed by atoms with Gasteiger partial charge in [0.25, 0.3) is 0 Å². The summed E-state index contributed by atoms with van der Waals surface area (Å²) >= 11 is 0. The number of hydrogen-bond acceptors (Lipinski definition) is 1. The highest BCUT2D eigenvalue weighted by molar-refractivity contribution is 6.12. The summed E-state index contributed by atoms with van der Waals surface area (Å²) in [7, 11) is 0. The fourth-order valence-electron chi connectivity index (χ4n) is 9.16. The van der Waals surface area contributed by atoms with Crippen LogP contribution >= 0.6 is 0 Å². The summed E-state index contributed by atoms with van der Waals surface area (Å²) in [5.41, 5.74) is 9.19. The molecule has 0 N–H and O–H groups in total. The standard InChI is InChI=1S/C55H35F4N3/c56-38-21-27-47(58)53(31-38)61-49-17-9-7-15-43(49)45-33-41(25-29-51(45)61)60(40-23-19-37(20-24-40)55(35-11-3-1-4-12-35)36-13-5-2-6-14-36)42-26-30-52-46(34-42)44-16-8-10-18-50(44)62(52)54-32-39(57)22-28-48(54)59/h1-34,55H. The molecule has 7 heteroatoms. The van der Waals surface area contributed by atoms with Crippen molar-refractivity contribution in [2.24, 2.45) is 0 Å². The molecule has 0 amide bonds. The van der Waals surface area contributed by atoms with Gasteiger partial charge in [-0.05, 0) is 102 Å². The summed E-state index contributed by atoms with van der Waals surface area (Å²) in [4.78, 5) is 2.17. The Morgan fingerprint density at radius 3 is 1.18 bits per heavy atom. The quantitative estimate of drug-likeness (QED) is 0.110. The Labute approximate surface area is 354 Å².